The Labute approximate surface area is 189 Å². The van der Waals surface area contributed by atoms with Crippen molar-refractivity contribution in [2.75, 3.05) is 34.4 Å². The highest BCUT2D eigenvalue weighted by molar-refractivity contribution is 7.98. The Morgan fingerprint density at radius 3 is 2.31 bits per heavy atom. The van der Waals surface area contributed by atoms with Crippen LogP contribution in [0.15, 0.2) is 43.4 Å². The lowest BCUT2D eigenvalue weighted by Crippen LogP contribution is -2.27. The first-order chi connectivity index (χ1) is 15.5. The molecule has 3 heterocycles. The van der Waals surface area contributed by atoms with Crippen molar-refractivity contribution in [2.24, 2.45) is 0 Å². The Morgan fingerprint density at radius 1 is 1.00 bits per heavy atom. The molecule has 10 nitrogen and oxygen atoms in total. The number of hydrogen-bond donors (Lipinski definition) is 0. The number of methoxy groups -OCH3 is 3. The molecule has 1 fully saturated rings. The molecule has 1 aliphatic heterocycles. The quantitative estimate of drug-likeness (QED) is 0.421. The van der Waals surface area contributed by atoms with Gasteiger partial charge in [-0.05, 0) is 37.1 Å². The van der Waals surface area contributed by atoms with Crippen molar-refractivity contribution in [1.82, 2.24) is 14.5 Å². The van der Waals surface area contributed by atoms with E-state index >= 15 is 0 Å². The molecule has 0 amide bonds. The van der Waals surface area contributed by atoms with Crippen LogP contribution < -0.4 is 14.2 Å². The summed E-state index contributed by atoms with van der Waals surface area (Å²) in [4.78, 5) is 0. The second kappa shape index (κ2) is 9.43. The van der Waals surface area contributed by atoms with Crippen molar-refractivity contribution in [3.05, 3.63) is 30.0 Å². The molecule has 2 aromatic heterocycles. The number of hydrogen-bond acceptors (Lipinski definition) is 10. The molecule has 3 aromatic rings. The van der Waals surface area contributed by atoms with Crippen LogP contribution in [0, 0.1) is 0 Å². The van der Waals surface area contributed by atoms with E-state index in [4.69, 9.17) is 23.0 Å². The van der Waals surface area contributed by atoms with Crippen LogP contribution in [0.3, 0.4) is 0 Å². The molecule has 0 radical (unpaired) electrons. The van der Waals surface area contributed by atoms with Crippen LogP contribution in [0.1, 0.15) is 18.6 Å². The molecule has 172 valence electrons. The number of nitrogens with zero attached hydrogens (tertiary/aromatic N) is 3. The van der Waals surface area contributed by atoms with E-state index in [1.54, 1.807) is 18.2 Å². The van der Waals surface area contributed by atoms with Crippen molar-refractivity contribution in [1.29, 1.82) is 0 Å². The van der Waals surface area contributed by atoms with E-state index in [1.807, 2.05) is 0 Å². The molecule has 12 heteroatoms. The second-order valence-electron chi connectivity index (χ2n) is 6.91. The van der Waals surface area contributed by atoms with E-state index in [2.05, 4.69) is 10.2 Å². The van der Waals surface area contributed by atoms with Gasteiger partial charge in [0.25, 0.3) is 15.2 Å². The summed E-state index contributed by atoms with van der Waals surface area (Å²) in [5.74, 6) is 2.52. The molecular formula is C20H23N3O7S2. The standard InChI is InChI=1S/C20H23N3O7S2/c1-26-15-10-13(11-16(27-2)18(15)28-3)19-21-22-20(30-19)31-12-14-6-7-17(29-14)32(24,25)23-8-4-5-9-23/h6-7,10-11H,4-5,8-9,12H2,1-3H3. The highest BCUT2D eigenvalue weighted by Gasteiger charge is 2.30. The predicted molar refractivity (Wildman–Crippen MR) is 116 cm³/mol. The Kier molecular flexibility index (Phi) is 6.63. The maximum absolute atomic E-state index is 12.6. The van der Waals surface area contributed by atoms with Crippen molar-refractivity contribution in [3.8, 4) is 28.7 Å². The third-order valence-corrected chi connectivity index (χ3v) is 7.57. The molecule has 0 aliphatic carbocycles. The number of aromatic nitrogens is 2. The van der Waals surface area contributed by atoms with Crippen molar-refractivity contribution in [2.45, 2.75) is 28.9 Å². The largest absolute Gasteiger partial charge is 0.493 e. The molecule has 1 saturated heterocycles. The normalized spacial score (nSPS) is 14.6. The summed E-state index contributed by atoms with van der Waals surface area (Å²) in [7, 11) is 0.997. The minimum atomic E-state index is -3.58. The van der Waals surface area contributed by atoms with Crippen LogP contribution >= 0.6 is 11.8 Å². The van der Waals surface area contributed by atoms with Crippen molar-refractivity contribution >= 4 is 21.8 Å². The third-order valence-electron chi connectivity index (χ3n) is 4.95. The van der Waals surface area contributed by atoms with Crippen LogP contribution in [-0.4, -0.2) is 57.3 Å². The molecule has 0 spiro atoms. The van der Waals surface area contributed by atoms with Gasteiger partial charge in [-0.25, -0.2) is 8.42 Å². The van der Waals surface area contributed by atoms with Crippen LogP contribution in [0.5, 0.6) is 17.2 Å². The summed E-state index contributed by atoms with van der Waals surface area (Å²) in [6.07, 6.45) is 1.74. The number of benzene rings is 1. The predicted octanol–water partition coefficient (Wildman–Crippen LogP) is 3.43. The van der Waals surface area contributed by atoms with Crippen molar-refractivity contribution in [3.63, 3.8) is 0 Å². The first kappa shape index (κ1) is 22.5. The van der Waals surface area contributed by atoms with Crippen LogP contribution in [-0.2, 0) is 15.8 Å². The minimum Gasteiger partial charge on any atom is -0.493 e. The van der Waals surface area contributed by atoms with Gasteiger partial charge in [0.2, 0.25) is 16.7 Å². The van der Waals surface area contributed by atoms with E-state index in [0.717, 1.165) is 12.8 Å². The van der Waals surface area contributed by atoms with E-state index in [9.17, 15) is 8.42 Å². The zero-order chi connectivity index (χ0) is 22.7. The summed E-state index contributed by atoms with van der Waals surface area (Å²) in [5.41, 5.74) is 0.607. The van der Waals surface area contributed by atoms with Gasteiger partial charge in [0.05, 0.1) is 27.1 Å². The second-order valence-corrected chi connectivity index (χ2v) is 9.70. The molecule has 0 N–H and O–H groups in total. The Morgan fingerprint density at radius 2 is 1.69 bits per heavy atom. The molecule has 1 aliphatic rings. The lowest BCUT2D eigenvalue weighted by Gasteiger charge is -2.12. The number of rotatable bonds is 9. The molecule has 0 saturated carbocycles. The first-order valence-corrected chi connectivity index (χ1v) is 12.2. The monoisotopic (exact) mass is 481 g/mol. The van der Waals surface area contributed by atoms with Gasteiger partial charge in [-0.3, -0.25) is 0 Å². The smallest absolute Gasteiger partial charge is 0.277 e. The fourth-order valence-corrected chi connectivity index (χ4v) is 5.46. The molecule has 0 unspecified atom stereocenters. The molecule has 32 heavy (non-hydrogen) atoms. The van der Waals surface area contributed by atoms with E-state index in [0.29, 0.717) is 52.6 Å². The summed E-state index contributed by atoms with van der Waals surface area (Å²) < 4.78 is 54.0. The zero-order valence-corrected chi connectivity index (χ0v) is 19.5. The summed E-state index contributed by atoms with van der Waals surface area (Å²) in [6, 6.07) is 6.56. The van der Waals surface area contributed by atoms with Gasteiger partial charge in [0.15, 0.2) is 11.5 Å². The zero-order valence-electron chi connectivity index (χ0n) is 17.9. The summed E-state index contributed by atoms with van der Waals surface area (Å²) in [5, 5.41) is 8.40. The first-order valence-electron chi connectivity index (χ1n) is 9.82. The van der Waals surface area contributed by atoms with Crippen LogP contribution in [0.25, 0.3) is 11.5 Å². The number of thioether (sulfide) groups is 1. The number of sulfonamides is 1. The topological polar surface area (TPSA) is 117 Å². The summed E-state index contributed by atoms with van der Waals surface area (Å²) in [6.45, 7) is 1.05. The lowest BCUT2D eigenvalue weighted by molar-refractivity contribution is 0.324. The third kappa shape index (κ3) is 4.43. The van der Waals surface area contributed by atoms with Crippen LogP contribution in [0.4, 0.5) is 0 Å². The Bertz CT molecular complexity index is 1160. The fourth-order valence-electron chi connectivity index (χ4n) is 3.35. The van der Waals surface area contributed by atoms with E-state index in [1.165, 1.54) is 43.5 Å². The van der Waals surface area contributed by atoms with Gasteiger partial charge in [-0.15, -0.1) is 10.2 Å². The van der Waals surface area contributed by atoms with Gasteiger partial charge < -0.3 is 23.0 Å². The minimum absolute atomic E-state index is 0.0429. The fraction of sp³-hybridized carbons (Fsp3) is 0.400. The van der Waals surface area contributed by atoms with Gasteiger partial charge >= 0.3 is 0 Å². The van der Waals surface area contributed by atoms with Gasteiger partial charge in [-0.1, -0.05) is 11.8 Å². The maximum atomic E-state index is 12.6. The average Bonchev–Trinajstić information content (AvgIpc) is 3.57. The van der Waals surface area contributed by atoms with Crippen molar-refractivity contribution < 1.29 is 31.5 Å². The van der Waals surface area contributed by atoms with Gasteiger partial charge in [0, 0.05) is 18.7 Å². The highest BCUT2D eigenvalue weighted by Crippen LogP contribution is 2.41. The average molecular weight is 482 g/mol. The number of furan rings is 1. The Hall–Kier alpha value is -2.70. The SMILES string of the molecule is COc1cc(-c2nnc(SCc3ccc(S(=O)(=O)N4CCCC4)o3)o2)cc(OC)c1OC. The van der Waals surface area contributed by atoms with Gasteiger partial charge in [-0.2, -0.15) is 4.31 Å². The van der Waals surface area contributed by atoms with E-state index in [-0.39, 0.29) is 11.0 Å². The maximum Gasteiger partial charge on any atom is 0.277 e. The number of ether oxygens (including phenoxy) is 3. The lowest BCUT2D eigenvalue weighted by atomic mass is 10.2. The molecule has 1 aromatic carbocycles. The molecule has 0 atom stereocenters. The Balaban J connectivity index is 1.46. The highest BCUT2D eigenvalue weighted by atomic mass is 32.2. The molecular weight excluding hydrogens is 458 g/mol. The van der Waals surface area contributed by atoms with Gasteiger partial charge in [0.1, 0.15) is 5.76 Å². The van der Waals surface area contributed by atoms with E-state index < -0.39 is 10.0 Å². The molecule has 0 bridgehead atoms. The van der Waals surface area contributed by atoms with Crippen LogP contribution in [0.2, 0.25) is 0 Å². The molecule has 4 rings (SSSR count). The summed E-state index contributed by atoms with van der Waals surface area (Å²) >= 11 is 1.24.